The summed E-state index contributed by atoms with van der Waals surface area (Å²) >= 11 is 0. The molecule has 2 N–H and O–H groups in total. The van der Waals surface area contributed by atoms with Crippen LogP contribution in [0.3, 0.4) is 0 Å². The van der Waals surface area contributed by atoms with Crippen LogP contribution < -0.4 is 5.73 Å². The van der Waals surface area contributed by atoms with Gasteiger partial charge in [-0.15, -0.1) is 0 Å². The molecular weight excluding hydrogens is 210 g/mol. The highest BCUT2D eigenvalue weighted by molar-refractivity contribution is 5.77. The van der Waals surface area contributed by atoms with Crippen molar-refractivity contribution in [2.75, 3.05) is 0 Å². The van der Waals surface area contributed by atoms with E-state index in [-0.39, 0.29) is 11.8 Å². The molecule has 0 heterocycles. The second-order valence-corrected chi connectivity index (χ2v) is 4.54. The smallest absolute Gasteiger partial charge is 0.218 e. The minimum atomic E-state index is -0.233. The SMILES string of the molecule is CC1C=C(c2ccccc2)C=CC1CC(N)=O. The molecule has 2 rings (SSSR count). The summed E-state index contributed by atoms with van der Waals surface area (Å²) in [5.74, 6) is 0.353. The van der Waals surface area contributed by atoms with Gasteiger partial charge >= 0.3 is 0 Å². The Bertz CT molecular complexity index is 459. The molecule has 2 unspecified atom stereocenters. The van der Waals surface area contributed by atoms with Gasteiger partial charge in [-0.25, -0.2) is 0 Å². The number of rotatable bonds is 3. The number of hydrogen-bond acceptors (Lipinski definition) is 1. The van der Waals surface area contributed by atoms with Crippen molar-refractivity contribution in [3.8, 4) is 0 Å². The standard InChI is InChI=1S/C15H17NO/c1-11-9-14(12-5-3-2-4-6-12)8-7-13(11)10-15(16)17/h2-9,11,13H,10H2,1H3,(H2,16,17). The van der Waals surface area contributed by atoms with Crippen molar-refractivity contribution < 1.29 is 4.79 Å². The fourth-order valence-electron chi connectivity index (χ4n) is 2.17. The Hall–Kier alpha value is -1.83. The third kappa shape index (κ3) is 2.84. The van der Waals surface area contributed by atoms with Gasteiger partial charge in [0.1, 0.15) is 0 Å². The van der Waals surface area contributed by atoms with E-state index in [1.807, 2.05) is 18.2 Å². The molecule has 0 aliphatic heterocycles. The maximum absolute atomic E-state index is 10.9. The Balaban J connectivity index is 2.15. The van der Waals surface area contributed by atoms with E-state index in [9.17, 15) is 4.79 Å². The predicted molar refractivity (Wildman–Crippen MR) is 70.0 cm³/mol. The monoisotopic (exact) mass is 227 g/mol. The summed E-state index contributed by atoms with van der Waals surface area (Å²) in [6.45, 7) is 2.13. The van der Waals surface area contributed by atoms with Gasteiger partial charge in [0, 0.05) is 6.42 Å². The maximum Gasteiger partial charge on any atom is 0.218 e. The summed E-state index contributed by atoms with van der Waals surface area (Å²) in [6.07, 6.45) is 6.82. The summed E-state index contributed by atoms with van der Waals surface area (Å²) in [4.78, 5) is 10.9. The molecule has 0 fully saturated rings. The molecule has 0 saturated heterocycles. The average Bonchev–Trinajstić information content (AvgIpc) is 2.32. The van der Waals surface area contributed by atoms with Crippen molar-refractivity contribution in [2.45, 2.75) is 13.3 Å². The maximum atomic E-state index is 10.9. The largest absolute Gasteiger partial charge is 0.370 e. The molecule has 88 valence electrons. The summed E-state index contributed by atoms with van der Waals surface area (Å²) < 4.78 is 0. The average molecular weight is 227 g/mol. The van der Waals surface area contributed by atoms with Gasteiger partial charge in [-0.1, -0.05) is 55.5 Å². The van der Waals surface area contributed by atoms with Crippen molar-refractivity contribution in [1.29, 1.82) is 0 Å². The van der Waals surface area contributed by atoms with Crippen molar-refractivity contribution in [3.05, 3.63) is 54.1 Å². The Labute approximate surface area is 102 Å². The molecule has 0 spiro atoms. The quantitative estimate of drug-likeness (QED) is 0.847. The molecule has 0 bridgehead atoms. The highest BCUT2D eigenvalue weighted by Crippen LogP contribution is 2.29. The van der Waals surface area contributed by atoms with Crippen LogP contribution >= 0.6 is 0 Å². The summed E-state index contributed by atoms with van der Waals surface area (Å²) in [5.41, 5.74) is 7.67. The van der Waals surface area contributed by atoms with E-state index < -0.39 is 0 Å². The first-order valence-corrected chi connectivity index (χ1v) is 5.90. The lowest BCUT2D eigenvalue weighted by Crippen LogP contribution is -2.20. The van der Waals surface area contributed by atoms with Gasteiger partial charge in [-0.3, -0.25) is 4.79 Å². The van der Waals surface area contributed by atoms with Crippen molar-refractivity contribution in [3.63, 3.8) is 0 Å². The van der Waals surface area contributed by atoms with Crippen molar-refractivity contribution >= 4 is 11.5 Å². The lowest BCUT2D eigenvalue weighted by Gasteiger charge is -2.22. The van der Waals surface area contributed by atoms with Crippen LogP contribution in [0.15, 0.2) is 48.6 Å². The van der Waals surface area contributed by atoms with Gasteiger partial charge in [0.15, 0.2) is 0 Å². The van der Waals surface area contributed by atoms with E-state index >= 15 is 0 Å². The molecule has 2 heteroatoms. The number of primary amides is 1. The lowest BCUT2D eigenvalue weighted by atomic mass is 9.83. The molecule has 2 atom stereocenters. The van der Waals surface area contributed by atoms with Gasteiger partial charge < -0.3 is 5.73 Å². The first kappa shape index (κ1) is 11.6. The van der Waals surface area contributed by atoms with E-state index in [0.717, 1.165) is 0 Å². The molecule has 0 saturated carbocycles. The molecule has 1 aliphatic carbocycles. The van der Waals surface area contributed by atoms with Crippen molar-refractivity contribution in [2.24, 2.45) is 17.6 Å². The third-order valence-electron chi connectivity index (χ3n) is 3.18. The molecule has 1 amide bonds. The molecular formula is C15H17NO. The van der Waals surface area contributed by atoms with E-state index in [1.165, 1.54) is 11.1 Å². The topological polar surface area (TPSA) is 43.1 Å². The Morgan fingerprint density at radius 1 is 1.29 bits per heavy atom. The van der Waals surface area contributed by atoms with Crippen LogP contribution in [0.2, 0.25) is 0 Å². The van der Waals surface area contributed by atoms with Gasteiger partial charge in [-0.2, -0.15) is 0 Å². The first-order chi connectivity index (χ1) is 8.16. The zero-order chi connectivity index (χ0) is 12.3. The molecule has 0 aromatic heterocycles. The Morgan fingerprint density at radius 2 is 2.00 bits per heavy atom. The second kappa shape index (κ2) is 5.00. The van der Waals surface area contributed by atoms with Gasteiger partial charge in [-0.05, 0) is 23.0 Å². The molecule has 2 nitrogen and oxygen atoms in total. The van der Waals surface area contributed by atoms with E-state index in [1.54, 1.807) is 0 Å². The lowest BCUT2D eigenvalue weighted by molar-refractivity contribution is -0.118. The minimum Gasteiger partial charge on any atom is -0.370 e. The fraction of sp³-hybridized carbons (Fsp3) is 0.267. The fourth-order valence-corrected chi connectivity index (χ4v) is 2.17. The zero-order valence-corrected chi connectivity index (χ0v) is 9.97. The van der Waals surface area contributed by atoms with Crippen LogP contribution in [0.4, 0.5) is 0 Å². The number of carbonyl (C=O) groups excluding carboxylic acids is 1. The number of amides is 1. The van der Waals surface area contributed by atoms with Crippen LogP contribution in [-0.2, 0) is 4.79 Å². The van der Waals surface area contributed by atoms with Gasteiger partial charge in [0.25, 0.3) is 0 Å². The predicted octanol–water partition coefficient (Wildman–Crippen LogP) is 2.77. The molecule has 1 aromatic carbocycles. The Morgan fingerprint density at radius 3 is 2.59 bits per heavy atom. The van der Waals surface area contributed by atoms with E-state index in [4.69, 9.17) is 5.73 Å². The van der Waals surface area contributed by atoms with Gasteiger partial charge in [0.2, 0.25) is 5.91 Å². The zero-order valence-electron chi connectivity index (χ0n) is 9.97. The van der Waals surface area contributed by atoms with Gasteiger partial charge in [0.05, 0.1) is 0 Å². The van der Waals surface area contributed by atoms with E-state index in [0.29, 0.717) is 12.3 Å². The highest BCUT2D eigenvalue weighted by Gasteiger charge is 2.19. The summed E-state index contributed by atoms with van der Waals surface area (Å²) in [7, 11) is 0. The van der Waals surface area contributed by atoms with Crippen LogP contribution in [0.1, 0.15) is 18.9 Å². The number of hydrogen-bond donors (Lipinski definition) is 1. The third-order valence-corrected chi connectivity index (χ3v) is 3.18. The number of benzene rings is 1. The normalized spacial score (nSPS) is 23.2. The number of carbonyl (C=O) groups is 1. The molecule has 1 aromatic rings. The van der Waals surface area contributed by atoms with Crippen molar-refractivity contribution in [1.82, 2.24) is 0 Å². The number of nitrogens with two attached hydrogens (primary N) is 1. The summed E-state index contributed by atoms with van der Waals surface area (Å²) in [6, 6.07) is 10.3. The first-order valence-electron chi connectivity index (χ1n) is 5.90. The molecule has 1 aliphatic rings. The van der Waals surface area contributed by atoms with Crippen LogP contribution in [0.25, 0.3) is 5.57 Å². The Kier molecular flexibility index (Phi) is 3.43. The minimum absolute atomic E-state index is 0.233. The van der Waals surface area contributed by atoms with Crippen LogP contribution in [-0.4, -0.2) is 5.91 Å². The van der Waals surface area contributed by atoms with E-state index in [2.05, 4.69) is 37.3 Å². The molecule has 17 heavy (non-hydrogen) atoms. The molecule has 0 radical (unpaired) electrons. The summed E-state index contributed by atoms with van der Waals surface area (Å²) in [5, 5.41) is 0. The van der Waals surface area contributed by atoms with Crippen LogP contribution in [0, 0.1) is 11.8 Å². The van der Waals surface area contributed by atoms with Crippen LogP contribution in [0.5, 0.6) is 0 Å². The highest BCUT2D eigenvalue weighted by atomic mass is 16.1. The number of allylic oxidation sites excluding steroid dienone is 4. The second-order valence-electron chi connectivity index (χ2n) is 4.54.